The molecule has 2 aliphatic rings. The van der Waals surface area contributed by atoms with Crippen molar-refractivity contribution in [2.75, 3.05) is 6.54 Å². The number of nitrogens with one attached hydrogen (secondary N) is 2. The molecule has 2 aliphatic carbocycles. The lowest BCUT2D eigenvalue weighted by atomic mass is 9.90. The number of pyridine rings is 1. The van der Waals surface area contributed by atoms with Gasteiger partial charge in [0.1, 0.15) is 5.82 Å². The van der Waals surface area contributed by atoms with Crippen LogP contribution in [0.4, 0.5) is 0 Å². The summed E-state index contributed by atoms with van der Waals surface area (Å²) in [7, 11) is 0. The number of aromatic amines is 1. The third-order valence-electron chi connectivity index (χ3n) is 7.32. The summed E-state index contributed by atoms with van der Waals surface area (Å²) in [6.07, 6.45) is 7.26. The zero-order valence-electron chi connectivity index (χ0n) is 20.0. The Hall–Kier alpha value is -3.06. The van der Waals surface area contributed by atoms with Crippen LogP contribution in [-0.2, 0) is 19.5 Å². The predicted molar refractivity (Wildman–Crippen MR) is 138 cm³/mol. The molecule has 6 nitrogen and oxygen atoms in total. The minimum absolute atomic E-state index is 0.251. The van der Waals surface area contributed by atoms with E-state index in [0.29, 0.717) is 12.6 Å². The number of para-hydroxylation sites is 2. The summed E-state index contributed by atoms with van der Waals surface area (Å²) < 4.78 is 0. The Bertz CT molecular complexity index is 1250. The molecule has 6 heteroatoms. The number of benzene rings is 2. The maximum atomic E-state index is 10.6. The van der Waals surface area contributed by atoms with E-state index in [4.69, 9.17) is 9.97 Å². The average molecular weight is 468 g/mol. The van der Waals surface area contributed by atoms with Crippen molar-refractivity contribution in [1.82, 2.24) is 25.2 Å². The zero-order valence-corrected chi connectivity index (χ0v) is 20.0. The van der Waals surface area contributed by atoms with Gasteiger partial charge in [0.2, 0.25) is 0 Å². The highest BCUT2D eigenvalue weighted by molar-refractivity contribution is 5.74. The van der Waals surface area contributed by atoms with Crippen molar-refractivity contribution in [3.63, 3.8) is 0 Å². The predicted octanol–water partition coefficient (Wildman–Crippen LogP) is 4.82. The van der Waals surface area contributed by atoms with Gasteiger partial charge in [0, 0.05) is 25.3 Å². The summed E-state index contributed by atoms with van der Waals surface area (Å²) in [6.45, 7) is 2.15. The fraction of sp³-hybridized carbons (Fsp3) is 0.379. The van der Waals surface area contributed by atoms with Gasteiger partial charge in [-0.25, -0.2) is 4.98 Å². The Kier molecular flexibility index (Phi) is 6.34. The van der Waals surface area contributed by atoms with E-state index in [1.165, 1.54) is 36.1 Å². The quantitative estimate of drug-likeness (QED) is 0.329. The molecular formula is C29H33N5O. The lowest BCUT2D eigenvalue weighted by molar-refractivity contribution is 0.153. The summed E-state index contributed by atoms with van der Waals surface area (Å²) in [6, 6.07) is 21.8. The first-order valence-corrected chi connectivity index (χ1v) is 12.8. The number of hydrogen-bond acceptors (Lipinski definition) is 5. The number of nitrogens with zero attached hydrogens (tertiary/aromatic N) is 3. The topological polar surface area (TPSA) is 77.1 Å². The number of rotatable bonds is 9. The van der Waals surface area contributed by atoms with E-state index in [-0.39, 0.29) is 6.04 Å². The maximum Gasteiger partial charge on any atom is 0.121 e. The lowest BCUT2D eigenvalue weighted by Crippen LogP contribution is -2.31. The van der Waals surface area contributed by atoms with E-state index in [0.717, 1.165) is 48.4 Å². The summed E-state index contributed by atoms with van der Waals surface area (Å²) in [4.78, 5) is 15.7. The smallest absolute Gasteiger partial charge is 0.121 e. The highest BCUT2D eigenvalue weighted by Crippen LogP contribution is 2.35. The van der Waals surface area contributed by atoms with Crippen molar-refractivity contribution in [2.45, 2.75) is 63.4 Å². The van der Waals surface area contributed by atoms with Crippen LogP contribution in [0.5, 0.6) is 0 Å². The van der Waals surface area contributed by atoms with Crippen LogP contribution < -0.4 is 5.32 Å². The molecule has 35 heavy (non-hydrogen) atoms. The molecule has 2 aromatic carbocycles. The molecule has 2 aromatic heterocycles. The molecule has 1 fully saturated rings. The monoisotopic (exact) mass is 467 g/mol. The third-order valence-corrected chi connectivity index (χ3v) is 7.32. The Morgan fingerprint density at radius 1 is 1.00 bits per heavy atom. The van der Waals surface area contributed by atoms with E-state index < -0.39 is 6.10 Å². The second-order valence-electron chi connectivity index (χ2n) is 10.0. The minimum Gasteiger partial charge on any atom is -0.387 e. The van der Waals surface area contributed by atoms with E-state index >= 15 is 0 Å². The normalized spacial score (nSPS) is 18.6. The number of H-pyrrole nitrogens is 1. The summed E-state index contributed by atoms with van der Waals surface area (Å²) >= 11 is 0. The number of aromatic nitrogens is 3. The van der Waals surface area contributed by atoms with Crippen molar-refractivity contribution in [2.24, 2.45) is 0 Å². The highest BCUT2D eigenvalue weighted by Gasteiger charge is 2.28. The Morgan fingerprint density at radius 3 is 2.69 bits per heavy atom. The fourth-order valence-electron chi connectivity index (χ4n) is 5.25. The minimum atomic E-state index is -0.467. The van der Waals surface area contributed by atoms with Crippen LogP contribution in [0, 0.1) is 0 Å². The van der Waals surface area contributed by atoms with Crippen LogP contribution in [0.2, 0.25) is 0 Å². The molecule has 0 bridgehead atoms. The van der Waals surface area contributed by atoms with Gasteiger partial charge in [-0.2, -0.15) is 0 Å². The molecule has 1 unspecified atom stereocenters. The van der Waals surface area contributed by atoms with Crippen LogP contribution in [0.15, 0.2) is 66.9 Å². The van der Waals surface area contributed by atoms with E-state index in [1.807, 2.05) is 24.4 Å². The van der Waals surface area contributed by atoms with Crippen LogP contribution in [0.1, 0.15) is 66.0 Å². The van der Waals surface area contributed by atoms with E-state index in [2.05, 4.69) is 57.7 Å². The molecule has 2 heterocycles. The van der Waals surface area contributed by atoms with Crippen molar-refractivity contribution < 1.29 is 5.11 Å². The van der Waals surface area contributed by atoms with Gasteiger partial charge in [-0.1, -0.05) is 42.5 Å². The van der Waals surface area contributed by atoms with Gasteiger partial charge in [-0.05, 0) is 67.0 Å². The third kappa shape index (κ3) is 5.15. The van der Waals surface area contributed by atoms with Gasteiger partial charge in [-0.15, -0.1) is 0 Å². The molecule has 180 valence electrons. The van der Waals surface area contributed by atoms with Gasteiger partial charge < -0.3 is 15.4 Å². The average Bonchev–Trinajstić information content (AvgIpc) is 3.64. The van der Waals surface area contributed by atoms with Crippen LogP contribution in [-0.4, -0.2) is 37.5 Å². The second-order valence-corrected chi connectivity index (χ2v) is 10.0. The van der Waals surface area contributed by atoms with Gasteiger partial charge in [-0.3, -0.25) is 9.88 Å². The summed E-state index contributed by atoms with van der Waals surface area (Å²) in [5, 5.41) is 14.0. The van der Waals surface area contributed by atoms with Gasteiger partial charge in [0.05, 0.1) is 35.4 Å². The van der Waals surface area contributed by atoms with Crippen molar-refractivity contribution in [1.29, 1.82) is 0 Å². The standard InChI is InChI=1S/C29H33N5O/c35-27(17-31-23-14-15-23)21-12-10-20(11-13-21)18-34(19-28-32-24-7-1-2-8-25(24)33-28)26-9-3-5-22-6-4-16-30-29(22)26/h1-2,4,6-8,10-13,16,23,26-27,31,35H,3,5,9,14-15,17-19H2,(H,32,33)/t26?,27-/m1/s1. The van der Waals surface area contributed by atoms with Crippen molar-refractivity contribution in [3.05, 3.63) is 95.1 Å². The Labute approximate surface area is 206 Å². The first-order chi connectivity index (χ1) is 17.2. The Morgan fingerprint density at radius 2 is 1.86 bits per heavy atom. The fourth-order valence-corrected chi connectivity index (χ4v) is 5.25. The molecular weight excluding hydrogens is 434 g/mol. The zero-order chi connectivity index (χ0) is 23.6. The molecule has 0 spiro atoms. The highest BCUT2D eigenvalue weighted by atomic mass is 16.3. The van der Waals surface area contributed by atoms with Gasteiger partial charge in [0.15, 0.2) is 0 Å². The van der Waals surface area contributed by atoms with E-state index in [9.17, 15) is 5.11 Å². The lowest BCUT2D eigenvalue weighted by Gasteiger charge is -2.34. The molecule has 0 radical (unpaired) electrons. The van der Waals surface area contributed by atoms with Gasteiger partial charge in [0.25, 0.3) is 0 Å². The molecule has 0 saturated heterocycles. The van der Waals surface area contributed by atoms with Crippen molar-refractivity contribution in [3.8, 4) is 0 Å². The number of aryl methyl sites for hydroxylation is 1. The molecule has 0 aliphatic heterocycles. The maximum absolute atomic E-state index is 10.6. The molecule has 6 rings (SSSR count). The number of imidazole rings is 1. The second kappa shape index (κ2) is 9.90. The first kappa shape index (κ1) is 22.4. The largest absolute Gasteiger partial charge is 0.387 e. The molecule has 2 atom stereocenters. The number of aliphatic hydroxyl groups excluding tert-OH is 1. The molecule has 0 amide bonds. The van der Waals surface area contributed by atoms with Gasteiger partial charge >= 0.3 is 0 Å². The first-order valence-electron chi connectivity index (χ1n) is 12.8. The van der Waals surface area contributed by atoms with Crippen LogP contribution in [0.3, 0.4) is 0 Å². The van der Waals surface area contributed by atoms with Crippen molar-refractivity contribution >= 4 is 11.0 Å². The summed E-state index contributed by atoms with van der Waals surface area (Å²) in [5.41, 5.74) is 6.84. The SMILES string of the molecule is O[C@H](CNC1CC1)c1ccc(CN(Cc2nc3ccccc3[nH]2)C2CCCc3cccnc32)cc1. The molecule has 4 aromatic rings. The van der Waals surface area contributed by atoms with Crippen LogP contribution in [0.25, 0.3) is 11.0 Å². The molecule has 3 N–H and O–H groups in total. The van der Waals surface area contributed by atoms with E-state index in [1.54, 1.807) is 0 Å². The summed E-state index contributed by atoms with van der Waals surface area (Å²) in [5.74, 6) is 0.979. The number of fused-ring (bicyclic) bond motifs is 2. The number of hydrogen-bond donors (Lipinski definition) is 3. The Balaban J connectivity index is 1.24. The molecule has 1 saturated carbocycles. The van der Waals surface area contributed by atoms with Crippen LogP contribution >= 0.6 is 0 Å². The number of aliphatic hydroxyl groups is 1.